The van der Waals surface area contributed by atoms with E-state index < -0.39 is 0 Å². The van der Waals surface area contributed by atoms with Gasteiger partial charge < -0.3 is 15.5 Å². The molecule has 3 fully saturated rings. The lowest BCUT2D eigenvalue weighted by molar-refractivity contribution is -0.119. The summed E-state index contributed by atoms with van der Waals surface area (Å²) in [4.78, 5) is 17.3. The molecule has 1 aromatic rings. The monoisotopic (exact) mass is 328 g/mol. The highest BCUT2D eigenvalue weighted by atomic mass is 16.1. The van der Waals surface area contributed by atoms with Crippen molar-refractivity contribution < 1.29 is 4.79 Å². The minimum atomic E-state index is 0.111. The number of rotatable bonds is 5. The summed E-state index contributed by atoms with van der Waals surface area (Å²) < 4.78 is 0. The minimum Gasteiger partial charge on any atom is -0.369 e. The minimum absolute atomic E-state index is 0.111. The topological polar surface area (TPSA) is 47.6 Å². The maximum Gasteiger partial charge on any atom is 0.228 e. The van der Waals surface area contributed by atoms with Crippen LogP contribution in [0, 0.1) is 11.8 Å². The third kappa shape index (κ3) is 3.90. The second-order valence-corrected chi connectivity index (χ2v) is 7.46. The molecule has 4 rings (SSSR count). The van der Waals surface area contributed by atoms with E-state index >= 15 is 0 Å². The van der Waals surface area contributed by atoms with Gasteiger partial charge in [0.05, 0.1) is 5.92 Å². The number of carbonyl (C=O) groups is 1. The van der Waals surface area contributed by atoms with Crippen molar-refractivity contribution in [3.63, 3.8) is 0 Å². The summed E-state index contributed by atoms with van der Waals surface area (Å²) in [5.74, 6) is 1.23. The quantitative estimate of drug-likeness (QED) is 0.865. The van der Waals surface area contributed by atoms with Gasteiger partial charge in [-0.15, -0.1) is 0 Å². The number of benzene rings is 1. The van der Waals surface area contributed by atoms with Crippen molar-refractivity contribution in [2.45, 2.75) is 19.3 Å². The Balaban J connectivity index is 1.33. The van der Waals surface area contributed by atoms with Gasteiger partial charge in [0.2, 0.25) is 5.91 Å². The molecule has 130 valence electrons. The van der Waals surface area contributed by atoms with Crippen LogP contribution < -0.4 is 15.5 Å². The van der Waals surface area contributed by atoms with Crippen molar-refractivity contribution in [1.82, 2.24) is 10.2 Å². The highest BCUT2D eigenvalue weighted by molar-refractivity contribution is 5.93. The molecule has 2 aliphatic heterocycles. The molecule has 3 aliphatic rings. The van der Waals surface area contributed by atoms with E-state index in [1.54, 1.807) is 0 Å². The molecule has 2 saturated heterocycles. The van der Waals surface area contributed by atoms with Crippen LogP contribution in [0.4, 0.5) is 11.4 Å². The summed E-state index contributed by atoms with van der Waals surface area (Å²) >= 11 is 0. The smallest absolute Gasteiger partial charge is 0.228 e. The van der Waals surface area contributed by atoms with E-state index in [0.717, 1.165) is 57.3 Å². The summed E-state index contributed by atoms with van der Waals surface area (Å²) in [6.45, 7) is 7.51. The molecule has 24 heavy (non-hydrogen) atoms. The lowest BCUT2D eigenvalue weighted by Gasteiger charge is -2.36. The van der Waals surface area contributed by atoms with Crippen molar-refractivity contribution in [1.29, 1.82) is 0 Å². The highest BCUT2D eigenvalue weighted by Crippen LogP contribution is 2.30. The van der Waals surface area contributed by atoms with Crippen LogP contribution in [0.25, 0.3) is 0 Å². The number of piperazine rings is 1. The number of amides is 1. The maximum absolute atomic E-state index is 12.3. The number of carbonyl (C=O) groups excluding carboxylic acids is 1. The Morgan fingerprint density at radius 1 is 1.17 bits per heavy atom. The Bertz CT molecular complexity index is 572. The Kier molecular flexibility index (Phi) is 4.72. The van der Waals surface area contributed by atoms with Crippen molar-refractivity contribution in [3.8, 4) is 0 Å². The van der Waals surface area contributed by atoms with Crippen LogP contribution in [0.5, 0.6) is 0 Å². The molecule has 5 nitrogen and oxygen atoms in total. The van der Waals surface area contributed by atoms with Crippen LogP contribution in [0.2, 0.25) is 0 Å². The summed E-state index contributed by atoms with van der Waals surface area (Å²) in [5.41, 5.74) is 2.15. The molecule has 0 spiro atoms. The molecule has 1 saturated carbocycles. The Labute approximate surface area is 144 Å². The van der Waals surface area contributed by atoms with Crippen LogP contribution in [0.1, 0.15) is 19.3 Å². The van der Waals surface area contributed by atoms with Gasteiger partial charge in [-0.2, -0.15) is 0 Å². The van der Waals surface area contributed by atoms with E-state index in [2.05, 4.69) is 38.6 Å². The predicted molar refractivity (Wildman–Crippen MR) is 97.4 cm³/mol. The number of anilines is 2. The molecule has 1 amide bonds. The van der Waals surface area contributed by atoms with Gasteiger partial charge in [-0.25, -0.2) is 0 Å². The normalized spacial score (nSPS) is 25.0. The van der Waals surface area contributed by atoms with Crippen LogP contribution in [-0.4, -0.2) is 56.6 Å². The van der Waals surface area contributed by atoms with Gasteiger partial charge in [-0.3, -0.25) is 9.69 Å². The van der Waals surface area contributed by atoms with Crippen molar-refractivity contribution in [3.05, 3.63) is 24.3 Å². The van der Waals surface area contributed by atoms with Crippen LogP contribution in [0.15, 0.2) is 24.3 Å². The van der Waals surface area contributed by atoms with E-state index in [0.29, 0.717) is 0 Å². The first-order valence-electron chi connectivity index (χ1n) is 9.37. The zero-order chi connectivity index (χ0) is 16.4. The lowest BCUT2D eigenvalue weighted by atomic mass is 10.1. The fraction of sp³-hybridized carbons (Fsp3) is 0.632. The van der Waals surface area contributed by atoms with Crippen LogP contribution in [0.3, 0.4) is 0 Å². The molecular weight excluding hydrogens is 300 g/mol. The molecule has 1 aliphatic carbocycles. The third-order valence-electron chi connectivity index (χ3n) is 5.50. The average molecular weight is 328 g/mol. The highest BCUT2D eigenvalue weighted by Gasteiger charge is 2.26. The molecule has 1 atom stereocenters. The first-order valence-corrected chi connectivity index (χ1v) is 9.37. The first kappa shape index (κ1) is 15.9. The van der Waals surface area contributed by atoms with E-state index in [-0.39, 0.29) is 11.8 Å². The van der Waals surface area contributed by atoms with Gasteiger partial charge in [0.15, 0.2) is 0 Å². The van der Waals surface area contributed by atoms with Gasteiger partial charge in [-0.1, -0.05) is 6.07 Å². The van der Waals surface area contributed by atoms with Crippen molar-refractivity contribution in [2.24, 2.45) is 11.8 Å². The summed E-state index contributed by atoms with van der Waals surface area (Å²) in [6, 6.07) is 8.32. The van der Waals surface area contributed by atoms with Crippen molar-refractivity contribution >= 4 is 17.3 Å². The molecule has 2 heterocycles. The largest absolute Gasteiger partial charge is 0.369 e. The molecule has 1 unspecified atom stereocenters. The standard InChI is InChI=1S/C19H28N4O/c24-19(16-6-7-20-13-16)21-17-2-1-3-18(12-17)23-10-8-22(9-11-23)14-15-4-5-15/h1-3,12,15-16,20H,4-11,13-14H2,(H,21,24). The second-order valence-electron chi connectivity index (χ2n) is 7.46. The summed E-state index contributed by atoms with van der Waals surface area (Å²) in [5, 5.41) is 6.34. The fourth-order valence-corrected chi connectivity index (χ4v) is 3.76. The van der Waals surface area contributed by atoms with Crippen LogP contribution in [-0.2, 0) is 4.79 Å². The number of nitrogens with zero attached hydrogens (tertiary/aromatic N) is 2. The Morgan fingerprint density at radius 3 is 2.71 bits per heavy atom. The van der Waals surface area contributed by atoms with Gasteiger partial charge in [-0.05, 0) is 49.9 Å². The molecule has 0 aromatic heterocycles. The fourth-order valence-electron chi connectivity index (χ4n) is 3.76. The van der Waals surface area contributed by atoms with Gasteiger partial charge in [0.25, 0.3) is 0 Å². The van der Waals surface area contributed by atoms with Gasteiger partial charge >= 0.3 is 0 Å². The zero-order valence-electron chi connectivity index (χ0n) is 14.3. The Hall–Kier alpha value is -1.59. The molecule has 0 radical (unpaired) electrons. The first-order chi connectivity index (χ1) is 11.8. The summed E-state index contributed by atoms with van der Waals surface area (Å²) in [6.07, 6.45) is 3.80. The predicted octanol–water partition coefficient (Wildman–Crippen LogP) is 1.77. The second kappa shape index (κ2) is 7.11. The van der Waals surface area contributed by atoms with E-state index in [9.17, 15) is 4.79 Å². The maximum atomic E-state index is 12.3. The van der Waals surface area contributed by atoms with Gasteiger partial charge in [0.1, 0.15) is 0 Å². The lowest BCUT2D eigenvalue weighted by Crippen LogP contribution is -2.47. The molecular formula is C19H28N4O. The number of hydrogen-bond donors (Lipinski definition) is 2. The number of nitrogens with one attached hydrogen (secondary N) is 2. The van der Waals surface area contributed by atoms with Crippen molar-refractivity contribution in [2.75, 3.05) is 56.0 Å². The SMILES string of the molecule is O=C(Nc1cccc(N2CCN(CC3CC3)CC2)c1)C1CCNC1. The summed E-state index contributed by atoms with van der Waals surface area (Å²) in [7, 11) is 0. The molecule has 2 N–H and O–H groups in total. The average Bonchev–Trinajstić information content (AvgIpc) is 3.24. The van der Waals surface area contributed by atoms with E-state index in [4.69, 9.17) is 0 Å². The van der Waals surface area contributed by atoms with Gasteiger partial charge in [0, 0.05) is 50.6 Å². The van der Waals surface area contributed by atoms with E-state index in [1.807, 2.05) is 6.07 Å². The number of hydrogen-bond acceptors (Lipinski definition) is 4. The van der Waals surface area contributed by atoms with E-state index in [1.165, 1.54) is 25.1 Å². The Morgan fingerprint density at radius 2 is 2.00 bits per heavy atom. The molecule has 5 heteroatoms. The zero-order valence-corrected chi connectivity index (χ0v) is 14.3. The molecule has 1 aromatic carbocycles. The molecule has 0 bridgehead atoms. The van der Waals surface area contributed by atoms with Crippen LogP contribution >= 0.6 is 0 Å². The third-order valence-corrected chi connectivity index (χ3v) is 5.50.